The molecule has 3 aromatic rings. The number of aryl methyl sites for hydroxylation is 1. The number of rotatable bonds is 3. The fraction of sp³-hybridized carbons (Fsp3) is 0.125. The van der Waals surface area contributed by atoms with Crippen molar-refractivity contribution in [2.75, 3.05) is 0 Å². The summed E-state index contributed by atoms with van der Waals surface area (Å²) in [6, 6.07) is 13.1. The van der Waals surface area contributed by atoms with Gasteiger partial charge in [-0.05, 0) is 35.9 Å². The van der Waals surface area contributed by atoms with Crippen LogP contribution in [0.15, 0.2) is 47.6 Å². The zero-order valence-electron chi connectivity index (χ0n) is 11.4. The molecule has 0 atom stereocenters. The van der Waals surface area contributed by atoms with Crippen LogP contribution in [0, 0.1) is 11.8 Å². The van der Waals surface area contributed by atoms with E-state index in [-0.39, 0.29) is 11.6 Å². The first-order valence-electron chi connectivity index (χ1n) is 6.50. The second-order valence-corrected chi connectivity index (χ2v) is 5.43. The number of hydrogen-bond acceptors (Lipinski definition) is 3. The number of halogens is 1. The molecule has 0 aliphatic rings. The normalized spacial score (nSPS) is 11.0. The van der Waals surface area contributed by atoms with E-state index in [9.17, 15) is 10.0 Å². The molecule has 5 heteroatoms. The fourth-order valence-corrected chi connectivity index (χ4v) is 2.59. The number of nitroso groups, excluding NO2 is 1. The molecular weight excluding hydrogens is 288 g/mol. The van der Waals surface area contributed by atoms with Gasteiger partial charge in [0, 0.05) is 10.4 Å². The third kappa shape index (κ3) is 2.38. The van der Waals surface area contributed by atoms with Crippen molar-refractivity contribution in [2.24, 2.45) is 5.18 Å². The lowest BCUT2D eigenvalue weighted by Gasteiger charge is -2.07. The van der Waals surface area contributed by atoms with Crippen LogP contribution >= 0.6 is 11.6 Å². The third-order valence-electron chi connectivity index (χ3n) is 3.52. The molecule has 0 aliphatic carbocycles. The van der Waals surface area contributed by atoms with Gasteiger partial charge >= 0.3 is 0 Å². The van der Waals surface area contributed by atoms with Gasteiger partial charge in [0.05, 0.1) is 12.1 Å². The minimum absolute atomic E-state index is 0.0274. The van der Waals surface area contributed by atoms with Gasteiger partial charge in [-0.3, -0.25) is 0 Å². The number of hydrogen-bond donors (Lipinski definition) is 1. The second kappa shape index (κ2) is 5.22. The lowest BCUT2D eigenvalue weighted by Crippen LogP contribution is -1.98. The molecule has 1 aromatic heterocycles. The van der Waals surface area contributed by atoms with Gasteiger partial charge in [-0.2, -0.15) is 0 Å². The molecule has 1 N–H and O–H groups in total. The molecule has 0 spiro atoms. The monoisotopic (exact) mass is 300 g/mol. The smallest absolute Gasteiger partial charge is 0.222 e. The molecule has 106 valence electrons. The molecular formula is C16H13ClN2O2. The first kappa shape index (κ1) is 13.6. The Morgan fingerprint density at radius 2 is 1.90 bits per heavy atom. The maximum atomic E-state index is 11.0. The van der Waals surface area contributed by atoms with Crippen molar-refractivity contribution in [3.63, 3.8) is 0 Å². The van der Waals surface area contributed by atoms with Crippen molar-refractivity contribution in [3.05, 3.63) is 63.5 Å². The molecule has 0 radical (unpaired) electrons. The Kier molecular flexibility index (Phi) is 3.39. The quantitative estimate of drug-likeness (QED) is 0.709. The van der Waals surface area contributed by atoms with Gasteiger partial charge in [-0.15, -0.1) is 4.91 Å². The van der Waals surface area contributed by atoms with E-state index in [4.69, 9.17) is 11.6 Å². The van der Waals surface area contributed by atoms with Gasteiger partial charge in [-0.1, -0.05) is 41.4 Å². The Morgan fingerprint density at radius 3 is 2.57 bits per heavy atom. The molecule has 0 aliphatic heterocycles. The highest BCUT2D eigenvalue weighted by atomic mass is 35.5. The molecule has 3 rings (SSSR count). The van der Waals surface area contributed by atoms with Crippen LogP contribution in [0.1, 0.15) is 11.1 Å². The molecule has 21 heavy (non-hydrogen) atoms. The van der Waals surface area contributed by atoms with Crippen molar-refractivity contribution in [1.29, 1.82) is 0 Å². The molecule has 2 aromatic carbocycles. The zero-order valence-corrected chi connectivity index (χ0v) is 12.1. The lowest BCUT2D eigenvalue weighted by atomic mass is 10.1. The van der Waals surface area contributed by atoms with Crippen LogP contribution in [0.3, 0.4) is 0 Å². The van der Waals surface area contributed by atoms with Crippen LogP contribution in [-0.2, 0) is 6.54 Å². The van der Waals surface area contributed by atoms with E-state index in [1.165, 1.54) is 5.56 Å². The molecule has 1 heterocycles. The first-order chi connectivity index (χ1) is 10.1. The Morgan fingerprint density at radius 1 is 1.19 bits per heavy atom. The van der Waals surface area contributed by atoms with Gasteiger partial charge in [0.2, 0.25) is 5.88 Å². The predicted octanol–water partition coefficient (Wildman–Crippen LogP) is 4.75. The Bertz CT molecular complexity index is 822. The largest absolute Gasteiger partial charge is 0.493 e. The number of nitrogens with zero attached hydrogens (tertiary/aromatic N) is 2. The lowest BCUT2D eigenvalue weighted by molar-refractivity contribution is 0.430. The van der Waals surface area contributed by atoms with E-state index < -0.39 is 0 Å². The van der Waals surface area contributed by atoms with Crippen molar-refractivity contribution < 1.29 is 5.11 Å². The fourth-order valence-electron chi connectivity index (χ4n) is 2.42. The van der Waals surface area contributed by atoms with Crippen molar-refractivity contribution in [1.82, 2.24) is 4.57 Å². The summed E-state index contributed by atoms with van der Waals surface area (Å²) in [7, 11) is 0. The third-order valence-corrected chi connectivity index (χ3v) is 3.76. The summed E-state index contributed by atoms with van der Waals surface area (Å²) in [5.41, 5.74) is 2.95. The number of benzene rings is 2. The molecule has 0 saturated carbocycles. The van der Waals surface area contributed by atoms with Crippen LogP contribution in [0.4, 0.5) is 5.69 Å². The van der Waals surface area contributed by atoms with Crippen LogP contribution in [0.25, 0.3) is 10.9 Å². The number of aromatic hydroxyl groups is 1. The van der Waals surface area contributed by atoms with E-state index in [0.29, 0.717) is 17.0 Å². The Labute approximate surface area is 126 Å². The van der Waals surface area contributed by atoms with Gasteiger partial charge in [0.1, 0.15) is 0 Å². The van der Waals surface area contributed by atoms with E-state index >= 15 is 0 Å². The van der Waals surface area contributed by atoms with Crippen LogP contribution in [-0.4, -0.2) is 9.67 Å². The van der Waals surface area contributed by atoms with Gasteiger partial charge < -0.3 is 9.67 Å². The average molecular weight is 301 g/mol. The summed E-state index contributed by atoms with van der Waals surface area (Å²) in [5.74, 6) is -0.136. The molecule has 4 nitrogen and oxygen atoms in total. The van der Waals surface area contributed by atoms with Crippen LogP contribution in [0.2, 0.25) is 5.02 Å². The summed E-state index contributed by atoms with van der Waals surface area (Å²) in [6.07, 6.45) is 0. The molecule has 0 amide bonds. The Balaban J connectivity index is 2.15. The van der Waals surface area contributed by atoms with Gasteiger partial charge in [0.15, 0.2) is 5.69 Å². The van der Waals surface area contributed by atoms with Gasteiger partial charge in [0.25, 0.3) is 0 Å². The molecule has 0 saturated heterocycles. The highest BCUT2D eigenvalue weighted by molar-refractivity contribution is 6.31. The molecule has 0 unspecified atom stereocenters. The van der Waals surface area contributed by atoms with E-state index in [2.05, 4.69) is 5.18 Å². The minimum atomic E-state index is -0.136. The topological polar surface area (TPSA) is 54.6 Å². The second-order valence-electron chi connectivity index (χ2n) is 5.00. The minimum Gasteiger partial charge on any atom is -0.493 e. The average Bonchev–Trinajstić information content (AvgIpc) is 2.73. The van der Waals surface area contributed by atoms with Crippen LogP contribution < -0.4 is 0 Å². The summed E-state index contributed by atoms with van der Waals surface area (Å²) in [6.45, 7) is 2.47. The number of aromatic nitrogens is 1. The standard InChI is InChI=1S/C16H13ClN2O2/c1-10-2-4-11(5-3-10)9-19-14-7-6-12(17)8-13(14)15(18-21)16(19)20/h2-8,20H,9H2,1H3. The highest BCUT2D eigenvalue weighted by Crippen LogP contribution is 2.39. The highest BCUT2D eigenvalue weighted by Gasteiger charge is 2.17. The predicted molar refractivity (Wildman–Crippen MR) is 84.3 cm³/mol. The van der Waals surface area contributed by atoms with Crippen molar-refractivity contribution in [3.8, 4) is 5.88 Å². The van der Waals surface area contributed by atoms with Crippen molar-refractivity contribution >= 4 is 28.2 Å². The summed E-state index contributed by atoms with van der Waals surface area (Å²) >= 11 is 5.95. The van der Waals surface area contributed by atoms with Crippen LogP contribution in [0.5, 0.6) is 5.88 Å². The maximum absolute atomic E-state index is 11.0. The van der Waals surface area contributed by atoms with E-state index in [0.717, 1.165) is 11.1 Å². The van der Waals surface area contributed by atoms with Crippen molar-refractivity contribution in [2.45, 2.75) is 13.5 Å². The molecule has 0 fully saturated rings. The summed E-state index contributed by atoms with van der Waals surface area (Å²) in [4.78, 5) is 11.0. The summed E-state index contributed by atoms with van der Waals surface area (Å²) < 4.78 is 1.66. The molecule has 0 bridgehead atoms. The zero-order chi connectivity index (χ0) is 15.0. The van der Waals surface area contributed by atoms with E-state index in [1.807, 2.05) is 31.2 Å². The SMILES string of the molecule is Cc1ccc(Cn2c(O)c(N=O)c3cc(Cl)ccc32)cc1. The first-order valence-corrected chi connectivity index (χ1v) is 6.87. The summed E-state index contributed by atoms with van der Waals surface area (Å²) in [5, 5.41) is 14.2. The Hall–Kier alpha value is -2.33. The maximum Gasteiger partial charge on any atom is 0.222 e. The number of fused-ring (bicyclic) bond motifs is 1. The van der Waals surface area contributed by atoms with E-state index in [1.54, 1.807) is 22.8 Å². The van der Waals surface area contributed by atoms with Gasteiger partial charge in [-0.25, -0.2) is 0 Å².